The molecule has 1 saturated heterocycles. The number of fused-ring (bicyclic) bond motifs is 1. The monoisotopic (exact) mass is 314 g/mol. The Hall–Kier alpha value is -1.27. The van der Waals surface area contributed by atoms with Gasteiger partial charge in [0.25, 0.3) is 0 Å². The van der Waals surface area contributed by atoms with Crippen molar-refractivity contribution in [1.29, 1.82) is 0 Å². The molecule has 3 rings (SSSR count). The van der Waals surface area contributed by atoms with Crippen LogP contribution in [0.5, 0.6) is 5.75 Å². The lowest BCUT2D eigenvalue weighted by Gasteiger charge is -2.18. The maximum atomic E-state index is 12.3. The van der Waals surface area contributed by atoms with E-state index in [2.05, 4.69) is 17.4 Å². The maximum absolute atomic E-state index is 12.3. The summed E-state index contributed by atoms with van der Waals surface area (Å²) in [5.41, 5.74) is 2.51. The molecule has 0 saturated carbocycles. The molecule has 1 aromatic carbocycles. The van der Waals surface area contributed by atoms with Crippen LogP contribution in [-0.4, -0.2) is 49.9 Å². The molecule has 1 N–H and O–H groups in total. The Morgan fingerprint density at radius 2 is 2.18 bits per heavy atom. The first kappa shape index (κ1) is 15.6. The number of likely N-dealkylation sites (tertiary alicyclic amines) is 1. The summed E-state index contributed by atoms with van der Waals surface area (Å²) in [4.78, 5) is 1.48. The highest BCUT2D eigenvalue weighted by molar-refractivity contribution is 5.39. The van der Waals surface area contributed by atoms with Crippen LogP contribution in [0.15, 0.2) is 18.2 Å². The third kappa shape index (κ3) is 4.14. The Morgan fingerprint density at radius 1 is 1.32 bits per heavy atom. The standard InChI is InChI=1S/C16H21F3N2O/c17-16(18,19)11-21-7-4-14(10-21)20-6-3-12-1-2-15-13(9-12)5-8-22-15/h1-2,9,14,20H,3-8,10-11H2/t14-/m1/s1. The van der Waals surface area contributed by atoms with Crippen molar-refractivity contribution in [3.8, 4) is 5.75 Å². The first-order chi connectivity index (χ1) is 10.5. The van der Waals surface area contributed by atoms with E-state index in [-0.39, 0.29) is 6.04 Å². The molecule has 6 heteroatoms. The molecule has 2 aliphatic rings. The summed E-state index contributed by atoms with van der Waals surface area (Å²) in [5.74, 6) is 0.982. The van der Waals surface area contributed by atoms with E-state index < -0.39 is 12.7 Å². The van der Waals surface area contributed by atoms with Crippen molar-refractivity contribution in [1.82, 2.24) is 10.2 Å². The summed E-state index contributed by atoms with van der Waals surface area (Å²) in [6.45, 7) is 1.76. The van der Waals surface area contributed by atoms with E-state index in [4.69, 9.17) is 4.74 Å². The van der Waals surface area contributed by atoms with Gasteiger partial charge in [0, 0.05) is 25.6 Å². The molecule has 1 aromatic rings. The van der Waals surface area contributed by atoms with E-state index in [0.717, 1.165) is 38.2 Å². The maximum Gasteiger partial charge on any atom is 0.401 e. The van der Waals surface area contributed by atoms with Gasteiger partial charge in [0.15, 0.2) is 0 Å². The van der Waals surface area contributed by atoms with Crippen molar-refractivity contribution in [2.45, 2.75) is 31.5 Å². The van der Waals surface area contributed by atoms with E-state index >= 15 is 0 Å². The van der Waals surface area contributed by atoms with E-state index in [1.165, 1.54) is 16.0 Å². The summed E-state index contributed by atoms with van der Waals surface area (Å²) in [6, 6.07) is 6.42. The van der Waals surface area contributed by atoms with Crippen LogP contribution in [0.2, 0.25) is 0 Å². The Labute approximate surface area is 128 Å². The van der Waals surface area contributed by atoms with Crippen LogP contribution in [0, 0.1) is 0 Å². The molecule has 1 atom stereocenters. The molecule has 0 radical (unpaired) electrons. The molecule has 0 unspecified atom stereocenters. The number of nitrogens with zero attached hydrogens (tertiary/aromatic N) is 1. The van der Waals surface area contributed by atoms with Crippen LogP contribution < -0.4 is 10.1 Å². The lowest BCUT2D eigenvalue weighted by molar-refractivity contribution is -0.143. The normalized spacial score (nSPS) is 21.9. The molecule has 1 fully saturated rings. The summed E-state index contributed by atoms with van der Waals surface area (Å²) in [6.07, 6.45) is -1.45. The van der Waals surface area contributed by atoms with Crippen molar-refractivity contribution in [2.24, 2.45) is 0 Å². The second kappa shape index (κ2) is 6.46. The lowest BCUT2D eigenvalue weighted by Crippen LogP contribution is -2.37. The van der Waals surface area contributed by atoms with Crippen LogP contribution in [-0.2, 0) is 12.8 Å². The largest absolute Gasteiger partial charge is 0.493 e. The van der Waals surface area contributed by atoms with Gasteiger partial charge >= 0.3 is 6.18 Å². The van der Waals surface area contributed by atoms with Crippen LogP contribution in [0.1, 0.15) is 17.5 Å². The van der Waals surface area contributed by atoms with Gasteiger partial charge in [-0.1, -0.05) is 12.1 Å². The summed E-state index contributed by atoms with van der Waals surface area (Å²) in [7, 11) is 0. The number of ether oxygens (including phenoxy) is 1. The third-order valence-electron chi connectivity index (χ3n) is 4.28. The SMILES string of the molecule is FC(F)(F)CN1CC[C@@H](NCCc2ccc3c(c2)CCO3)C1. The molecular formula is C16H21F3N2O. The zero-order valence-corrected chi connectivity index (χ0v) is 12.5. The highest BCUT2D eigenvalue weighted by Gasteiger charge is 2.34. The molecule has 0 aliphatic carbocycles. The predicted molar refractivity (Wildman–Crippen MR) is 78.2 cm³/mol. The quantitative estimate of drug-likeness (QED) is 0.903. The molecule has 3 nitrogen and oxygen atoms in total. The Balaban J connectivity index is 1.40. The van der Waals surface area contributed by atoms with Crippen molar-refractivity contribution in [2.75, 3.05) is 32.8 Å². The molecule has 0 amide bonds. The topological polar surface area (TPSA) is 24.5 Å². The van der Waals surface area contributed by atoms with Gasteiger partial charge < -0.3 is 10.1 Å². The Bertz CT molecular complexity index is 519. The number of hydrogen-bond donors (Lipinski definition) is 1. The fraction of sp³-hybridized carbons (Fsp3) is 0.625. The summed E-state index contributed by atoms with van der Waals surface area (Å²) >= 11 is 0. The van der Waals surface area contributed by atoms with Crippen molar-refractivity contribution >= 4 is 0 Å². The van der Waals surface area contributed by atoms with Crippen molar-refractivity contribution in [3.63, 3.8) is 0 Å². The molecule has 0 spiro atoms. The molecule has 2 aliphatic heterocycles. The number of nitrogens with one attached hydrogen (secondary N) is 1. The van der Waals surface area contributed by atoms with E-state index in [9.17, 15) is 13.2 Å². The van der Waals surface area contributed by atoms with E-state index in [1.54, 1.807) is 0 Å². The fourth-order valence-electron chi connectivity index (χ4n) is 3.21. The first-order valence-corrected chi connectivity index (χ1v) is 7.77. The predicted octanol–water partition coefficient (Wildman–Crippen LogP) is 2.39. The van der Waals surface area contributed by atoms with Crippen LogP contribution in [0.3, 0.4) is 0 Å². The number of rotatable bonds is 5. The average molecular weight is 314 g/mol. The molecule has 2 heterocycles. The molecule has 122 valence electrons. The Morgan fingerprint density at radius 3 is 3.00 bits per heavy atom. The molecular weight excluding hydrogens is 293 g/mol. The number of halogens is 3. The van der Waals surface area contributed by atoms with Crippen LogP contribution in [0.25, 0.3) is 0 Å². The van der Waals surface area contributed by atoms with Gasteiger partial charge in [0.2, 0.25) is 0 Å². The second-order valence-electron chi connectivity index (χ2n) is 6.08. The van der Waals surface area contributed by atoms with E-state index in [0.29, 0.717) is 13.1 Å². The van der Waals surface area contributed by atoms with Gasteiger partial charge in [-0.3, -0.25) is 4.90 Å². The van der Waals surface area contributed by atoms with Gasteiger partial charge in [-0.05, 0) is 36.6 Å². The second-order valence-corrected chi connectivity index (χ2v) is 6.08. The fourth-order valence-corrected chi connectivity index (χ4v) is 3.21. The summed E-state index contributed by atoms with van der Waals surface area (Å²) < 4.78 is 42.5. The first-order valence-electron chi connectivity index (χ1n) is 7.77. The zero-order valence-electron chi connectivity index (χ0n) is 12.5. The minimum Gasteiger partial charge on any atom is -0.493 e. The number of hydrogen-bond acceptors (Lipinski definition) is 3. The third-order valence-corrected chi connectivity index (χ3v) is 4.28. The van der Waals surface area contributed by atoms with Gasteiger partial charge in [-0.25, -0.2) is 0 Å². The van der Waals surface area contributed by atoms with Crippen molar-refractivity contribution in [3.05, 3.63) is 29.3 Å². The average Bonchev–Trinajstić information content (AvgIpc) is 3.05. The lowest BCUT2D eigenvalue weighted by atomic mass is 10.1. The van der Waals surface area contributed by atoms with Gasteiger partial charge in [-0.15, -0.1) is 0 Å². The van der Waals surface area contributed by atoms with Crippen LogP contribution in [0.4, 0.5) is 13.2 Å². The van der Waals surface area contributed by atoms with Gasteiger partial charge in [0.05, 0.1) is 13.2 Å². The zero-order chi connectivity index (χ0) is 15.6. The molecule has 22 heavy (non-hydrogen) atoms. The van der Waals surface area contributed by atoms with Gasteiger partial charge in [0.1, 0.15) is 5.75 Å². The minimum absolute atomic E-state index is 0.167. The van der Waals surface area contributed by atoms with E-state index in [1.807, 2.05) is 6.07 Å². The minimum atomic E-state index is -4.10. The molecule has 0 bridgehead atoms. The van der Waals surface area contributed by atoms with Crippen molar-refractivity contribution < 1.29 is 17.9 Å². The summed E-state index contributed by atoms with van der Waals surface area (Å²) in [5, 5.41) is 3.37. The van der Waals surface area contributed by atoms with Gasteiger partial charge in [-0.2, -0.15) is 13.2 Å². The van der Waals surface area contributed by atoms with Crippen LogP contribution >= 0.6 is 0 Å². The smallest absolute Gasteiger partial charge is 0.401 e. The number of benzene rings is 1. The highest BCUT2D eigenvalue weighted by atomic mass is 19.4. The number of alkyl halides is 3. The highest BCUT2D eigenvalue weighted by Crippen LogP contribution is 2.26. The Kier molecular flexibility index (Phi) is 4.59. The molecule has 0 aromatic heterocycles.